The lowest BCUT2D eigenvalue weighted by molar-refractivity contribution is -0.126. The monoisotopic (exact) mass is 269 g/mol. The highest BCUT2D eigenvalue weighted by molar-refractivity contribution is 8.04. The van der Waals surface area contributed by atoms with Crippen LogP contribution in [0.2, 0.25) is 0 Å². The lowest BCUT2D eigenvalue weighted by Crippen LogP contribution is -2.33. The van der Waals surface area contributed by atoms with E-state index in [1.807, 2.05) is 20.8 Å². The minimum atomic E-state index is 0.0343. The second-order valence-electron chi connectivity index (χ2n) is 3.80. The third-order valence-corrected chi connectivity index (χ3v) is 3.64. The summed E-state index contributed by atoms with van der Waals surface area (Å²) in [5.41, 5.74) is 0.395. The standard InChI is InChI=1S/C11H15N3OS2/c1-4-13-10(16)8(5-12)11-14(7(2)3)9(15)6-17-11/h7H,4,6H2,1-3H3,(H,13,16)/b11-8-. The van der Waals surface area contributed by atoms with Gasteiger partial charge in [0.15, 0.2) is 0 Å². The Labute approximate surface area is 111 Å². The van der Waals surface area contributed by atoms with Crippen LogP contribution in [0.25, 0.3) is 0 Å². The largest absolute Gasteiger partial charge is 0.375 e. The Kier molecular flexibility index (Phi) is 4.97. The molecule has 0 saturated carbocycles. The number of nitriles is 1. The summed E-state index contributed by atoms with van der Waals surface area (Å²) in [6.07, 6.45) is 0. The smallest absolute Gasteiger partial charge is 0.238 e. The van der Waals surface area contributed by atoms with Gasteiger partial charge in [0.1, 0.15) is 16.6 Å². The zero-order valence-corrected chi connectivity index (χ0v) is 11.7. The molecule has 17 heavy (non-hydrogen) atoms. The van der Waals surface area contributed by atoms with Gasteiger partial charge in [0.25, 0.3) is 0 Å². The van der Waals surface area contributed by atoms with E-state index in [1.165, 1.54) is 11.8 Å². The minimum absolute atomic E-state index is 0.0343. The SMILES string of the molecule is CCNC(=S)/C(C#N)=C1\SCC(=O)N1C(C)C. The molecule has 0 atom stereocenters. The average Bonchev–Trinajstić information content (AvgIpc) is 2.62. The topological polar surface area (TPSA) is 56.1 Å². The Balaban J connectivity index is 3.13. The Morgan fingerprint density at radius 3 is 2.82 bits per heavy atom. The highest BCUT2D eigenvalue weighted by Gasteiger charge is 2.32. The molecular weight excluding hydrogens is 254 g/mol. The summed E-state index contributed by atoms with van der Waals surface area (Å²) in [4.78, 5) is 13.8. The third kappa shape index (κ3) is 2.99. The molecule has 0 aromatic rings. The summed E-state index contributed by atoms with van der Waals surface area (Å²) in [6, 6.07) is 2.14. The molecule has 1 amide bonds. The van der Waals surface area contributed by atoms with Gasteiger partial charge in [0.05, 0.1) is 10.8 Å². The molecule has 1 rings (SSSR count). The number of nitrogens with one attached hydrogen (secondary N) is 1. The molecule has 1 N–H and O–H groups in total. The summed E-state index contributed by atoms with van der Waals surface area (Å²) < 4.78 is 0. The van der Waals surface area contributed by atoms with Crippen molar-refractivity contribution in [3.8, 4) is 6.07 Å². The maximum Gasteiger partial charge on any atom is 0.238 e. The first-order valence-electron chi connectivity index (χ1n) is 5.40. The van der Waals surface area contributed by atoms with Gasteiger partial charge in [0.2, 0.25) is 5.91 Å². The number of likely N-dealkylation sites (N-methyl/N-ethyl adjacent to an activating group) is 1. The second kappa shape index (κ2) is 6.03. The molecule has 0 radical (unpaired) electrons. The van der Waals surface area contributed by atoms with Gasteiger partial charge in [-0.25, -0.2) is 0 Å². The summed E-state index contributed by atoms with van der Waals surface area (Å²) >= 11 is 6.53. The Morgan fingerprint density at radius 2 is 2.35 bits per heavy atom. The molecule has 6 heteroatoms. The number of carbonyl (C=O) groups excluding carboxylic acids is 1. The molecular formula is C11H15N3OS2. The molecule has 0 aromatic carbocycles. The maximum atomic E-state index is 11.7. The van der Waals surface area contributed by atoms with E-state index in [2.05, 4.69) is 11.4 Å². The van der Waals surface area contributed by atoms with Crippen LogP contribution in [-0.4, -0.2) is 34.1 Å². The predicted octanol–water partition coefficient (Wildman–Crippen LogP) is 1.64. The van der Waals surface area contributed by atoms with Gasteiger partial charge < -0.3 is 10.2 Å². The van der Waals surface area contributed by atoms with E-state index < -0.39 is 0 Å². The molecule has 0 aliphatic carbocycles. The number of carbonyl (C=O) groups is 1. The van der Waals surface area contributed by atoms with Gasteiger partial charge in [0, 0.05) is 12.6 Å². The lowest BCUT2D eigenvalue weighted by atomic mass is 10.2. The number of thioether (sulfide) groups is 1. The first-order chi connectivity index (χ1) is 8.02. The Bertz CT molecular complexity index is 409. The van der Waals surface area contributed by atoms with Crippen molar-refractivity contribution in [2.75, 3.05) is 12.3 Å². The highest BCUT2D eigenvalue weighted by Crippen LogP contribution is 2.33. The van der Waals surface area contributed by atoms with Crippen molar-refractivity contribution < 1.29 is 4.79 Å². The van der Waals surface area contributed by atoms with Gasteiger partial charge in [-0.15, -0.1) is 0 Å². The molecule has 1 aliphatic heterocycles. The van der Waals surface area contributed by atoms with Crippen LogP contribution in [0.1, 0.15) is 20.8 Å². The second-order valence-corrected chi connectivity index (χ2v) is 5.17. The van der Waals surface area contributed by atoms with Crippen LogP contribution in [0, 0.1) is 11.3 Å². The predicted molar refractivity (Wildman–Crippen MR) is 73.4 cm³/mol. The van der Waals surface area contributed by atoms with Gasteiger partial charge in [-0.05, 0) is 20.8 Å². The van der Waals surface area contributed by atoms with Crippen molar-refractivity contribution in [3.05, 3.63) is 10.6 Å². The van der Waals surface area contributed by atoms with Crippen LogP contribution in [0.3, 0.4) is 0 Å². The fourth-order valence-electron chi connectivity index (χ4n) is 1.54. The van der Waals surface area contributed by atoms with E-state index in [4.69, 9.17) is 12.2 Å². The van der Waals surface area contributed by atoms with E-state index in [0.717, 1.165) is 0 Å². The molecule has 0 spiro atoms. The van der Waals surface area contributed by atoms with Crippen LogP contribution >= 0.6 is 24.0 Å². The van der Waals surface area contributed by atoms with Crippen LogP contribution in [0.5, 0.6) is 0 Å². The first-order valence-corrected chi connectivity index (χ1v) is 6.79. The molecule has 0 bridgehead atoms. The first kappa shape index (κ1) is 14.0. The third-order valence-electron chi connectivity index (χ3n) is 2.23. The molecule has 0 unspecified atom stereocenters. The van der Waals surface area contributed by atoms with Crippen molar-refractivity contribution >= 4 is 34.9 Å². The van der Waals surface area contributed by atoms with Gasteiger partial charge in [-0.1, -0.05) is 24.0 Å². The molecule has 4 nitrogen and oxygen atoms in total. The van der Waals surface area contributed by atoms with E-state index in [-0.39, 0.29) is 11.9 Å². The number of rotatable bonds is 3. The van der Waals surface area contributed by atoms with Crippen LogP contribution in [-0.2, 0) is 4.79 Å². The van der Waals surface area contributed by atoms with E-state index in [0.29, 0.717) is 27.9 Å². The van der Waals surface area contributed by atoms with Crippen molar-refractivity contribution in [1.29, 1.82) is 5.26 Å². The molecule has 1 aliphatic rings. The fourth-order valence-corrected chi connectivity index (χ4v) is 3.04. The quantitative estimate of drug-likeness (QED) is 0.479. The zero-order valence-electron chi connectivity index (χ0n) is 10.1. The minimum Gasteiger partial charge on any atom is -0.375 e. The summed E-state index contributed by atoms with van der Waals surface area (Å²) in [5.74, 6) is 0.417. The Morgan fingerprint density at radius 1 is 1.71 bits per heavy atom. The number of nitrogens with zero attached hydrogens (tertiary/aromatic N) is 2. The van der Waals surface area contributed by atoms with Crippen molar-refractivity contribution in [2.24, 2.45) is 0 Å². The molecule has 1 saturated heterocycles. The molecule has 1 fully saturated rings. The maximum absolute atomic E-state index is 11.7. The Hall–Kier alpha value is -1.06. The summed E-state index contributed by atoms with van der Waals surface area (Å²) in [7, 11) is 0. The zero-order chi connectivity index (χ0) is 13.0. The van der Waals surface area contributed by atoms with Gasteiger partial charge >= 0.3 is 0 Å². The van der Waals surface area contributed by atoms with Crippen molar-refractivity contribution in [3.63, 3.8) is 0 Å². The molecule has 0 aromatic heterocycles. The van der Waals surface area contributed by atoms with Crippen LogP contribution in [0.4, 0.5) is 0 Å². The number of hydrogen-bond donors (Lipinski definition) is 1. The van der Waals surface area contributed by atoms with E-state index >= 15 is 0 Å². The van der Waals surface area contributed by atoms with E-state index in [9.17, 15) is 10.1 Å². The van der Waals surface area contributed by atoms with E-state index in [1.54, 1.807) is 4.90 Å². The van der Waals surface area contributed by atoms with Gasteiger partial charge in [-0.2, -0.15) is 5.26 Å². The van der Waals surface area contributed by atoms with Crippen LogP contribution < -0.4 is 5.32 Å². The van der Waals surface area contributed by atoms with Crippen molar-refractivity contribution in [2.45, 2.75) is 26.8 Å². The molecule has 92 valence electrons. The average molecular weight is 269 g/mol. The number of amides is 1. The number of thiocarbonyl (C=S) groups is 1. The molecule has 1 heterocycles. The van der Waals surface area contributed by atoms with Crippen molar-refractivity contribution in [1.82, 2.24) is 10.2 Å². The van der Waals surface area contributed by atoms with Crippen LogP contribution in [0.15, 0.2) is 10.6 Å². The summed E-state index contributed by atoms with van der Waals surface area (Å²) in [6.45, 7) is 6.43. The normalized spacial score (nSPS) is 18.3. The number of hydrogen-bond acceptors (Lipinski definition) is 4. The lowest BCUT2D eigenvalue weighted by Gasteiger charge is -2.22. The highest BCUT2D eigenvalue weighted by atomic mass is 32.2. The van der Waals surface area contributed by atoms with Gasteiger partial charge in [-0.3, -0.25) is 4.79 Å². The summed E-state index contributed by atoms with van der Waals surface area (Å²) in [5, 5.41) is 12.8. The fraction of sp³-hybridized carbons (Fsp3) is 0.545.